The van der Waals surface area contributed by atoms with Gasteiger partial charge < -0.3 is 10.1 Å². The van der Waals surface area contributed by atoms with Gasteiger partial charge in [-0.2, -0.15) is 18.3 Å². The number of aromatic nitrogens is 2. The van der Waals surface area contributed by atoms with Gasteiger partial charge in [0.25, 0.3) is 5.91 Å². The fraction of sp³-hybridized carbons (Fsp3) is 0.185. The van der Waals surface area contributed by atoms with Gasteiger partial charge in [0, 0.05) is 6.04 Å². The van der Waals surface area contributed by atoms with Crippen molar-refractivity contribution in [3.63, 3.8) is 0 Å². The zero-order chi connectivity index (χ0) is 27.0. The first-order valence-electron chi connectivity index (χ1n) is 11.5. The first kappa shape index (κ1) is 26.4. The summed E-state index contributed by atoms with van der Waals surface area (Å²) >= 11 is 18.8. The Morgan fingerprint density at radius 2 is 1.61 bits per heavy atom. The second-order valence-electron chi connectivity index (χ2n) is 8.76. The molecule has 1 N–H and O–H groups in total. The smallest absolute Gasteiger partial charge is 0.435 e. The molecule has 0 unspecified atom stereocenters. The molecule has 3 aromatic carbocycles. The van der Waals surface area contributed by atoms with E-state index in [1.54, 1.807) is 48.5 Å². The number of amides is 1. The van der Waals surface area contributed by atoms with E-state index in [-0.39, 0.29) is 40.0 Å². The Bertz CT molecular complexity index is 1480. The highest BCUT2D eigenvalue weighted by Crippen LogP contribution is 2.34. The van der Waals surface area contributed by atoms with Crippen LogP contribution in [0.15, 0.2) is 66.7 Å². The Morgan fingerprint density at radius 3 is 2.21 bits per heavy atom. The standard InChI is InChI=1S/C27H19Cl3F3N3O2/c28-21-2-1-3-22(29)25(21)36-18(13-24(35-36)27(31,32)33)14-38-19-9-4-15(5-10-19)16-6-11-20(23(30)12-16)26(37)34-17-7-8-17/h1-6,9-13,17H,7-8,14H2,(H,34,37). The first-order valence-corrected chi connectivity index (χ1v) is 12.7. The van der Waals surface area contributed by atoms with Crippen LogP contribution < -0.4 is 10.1 Å². The van der Waals surface area contributed by atoms with Crippen molar-refractivity contribution in [3.05, 3.63) is 98.7 Å². The Labute approximate surface area is 231 Å². The van der Waals surface area contributed by atoms with Crippen molar-refractivity contribution in [2.75, 3.05) is 0 Å². The fourth-order valence-electron chi connectivity index (χ4n) is 3.82. The van der Waals surface area contributed by atoms with Crippen molar-refractivity contribution in [1.29, 1.82) is 0 Å². The minimum Gasteiger partial charge on any atom is -0.487 e. The highest BCUT2D eigenvalue weighted by atomic mass is 35.5. The minimum atomic E-state index is -4.66. The van der Waals surface area contributed by atoms with E-state index in [4.69, 9.17) is 39.5 Å². The third kappa shape index (κ3) is 5.77. The van der Waals surface area contributed by atoms with E-state index in [0.29, 0.717) is 16.3 Å². The van der Waals surface area contributed by atoms with Crippen LogP contribution in [0.2, 0.25) is 15.1 Å². The zero-order valence-electron chi connectivity index (χ0n) is 19.5. The van der Waals surface area contributed by atoms with Gasteiger partial charge in [0.1, 0.15) is 18.0 Å². The largest absolute Gasteiger partial charge is 0.487 e. The molecule has 5 rings (SSSR count). The molecular formula is C27H19Cl3F3N3O2. The molecule has 0 radical (unpaired) electrons. The van der Waals surface area contributed by atoms with E-state index in [9.17, 15) is 18.0 Å². The monoisotopic (exact) mass is 579 g/mol. The van der Waals surface area contributed by atoms with Crippen LogP contribution >= 0.6 is 34.8 Å². The average Bonchev–Trinajstić information content (AvgIpc) is 3.58. The van der Waals surface area contributed by atoms with Crippen LogP contribution in [-0.2, 0) is 12.8 Å². The van der Waals surface area contributed by atoms with E-state index in [2.05, 4.69) is 10.4 Å². The summed E-state index contributed by atoms with van der Waals surface area (Å²) in [5, 5.41) is 7.24. The number of ether oxygens (including phenoxy) is 1. The summed E-state index contributed by atoms with van der Waals surface area (Å²) in [5.41, 5.74) is 1.19. The molecule has 1 heterocycles. The lowest BCUT2D eigenvalue weighted by Gasteiger charge is -2.12. The predicted octanol–water partition coefficient (Wildman–Crippen LogP) is 7.99. The SMILES string of the molecule is O=C(NC1CC1)c1ccc(-c2ccc(OCc3cc(C(F)(F)F)nn3-c3c(Cl)cccc3Cl)cc2)cc1Cl. The highest BCUT2D eigenvalue weighted by molar-refractivity contribution is 6.37. The summed E-state index contributed by atoms with van der Waals surface area (Å²) in [5.74, 6) is 0.227. The van der Waals surface area contributed by atoms with Crippen LogP contribution in [-0.4, -0.2) is 21.7 Å². The second-order valence-corrected chi connectivity index (χ2v) is 9.98. The first-order chi connectivity index (χ1) is 18.1. The second kappa shape index (κ2) is 10.5. The number of rotatable bonds is 7. The number of carbonyl (C=O) groups excluding carboxylic acids is 1. The van der Waals surface area contributed by atoms with Gasteiger partial charge in [-0.1, -0.05) is 59.1 Å². The van der Waals surface area contributed by atoms with Gasteiger partial charge in [-0.15, -0.1) is 0 Å². The Morgan fingerprint density at radius 1 is 0.947 bits per heavy atom. The predicted molar refractivity (Wildman–Crippen MR) is 140 cm³/mol. The lowest BCUT2D eigenvalue weighted by atomic mass is 10.0. The van der Waals surface area contributed by atoms with Crippen LogP contribution in [0, 0.1) is 0 Å². The number of hydrogen-bond donors (Lipinski definition) is 1. The number of hydrogen-bond acceptors (Lipinski definition) is 3. The van der Waals surface area contributed by atoms with Gasteiger partial charge in [-0.3, -0.25) is 4.79 Å². The molecule has 38 heavy (non-hydrogen) atoms. The zero-order valence-corrected chi connectivity index (χ0v) is 21.8. The molecule has 0 aliphatic heterocycles. The number of halogens is 6. The highest BCUT2D eigenvalue weighted by Gasteiger charge is 2.35. The molecule has 1 aliphatic carbocycles. The van der Waals surface area contributed by atoms with Crippen molar-refractivity contribution >= 4 is 40.7 Å². The number of benzene rings is 3. The molecule has 1 aliphatic rings. The van der Waals surface area contributed by atoms with Crippen LogP contribution in [0.3, 0.4) is 0 Å². The molecule has 196 valence electrons. The summed E-state index contributed by atoms with van der Waals surface area (Å²) in [6.07, 6.45) is -2.70. The fourth-order valence-corrected chi connectivity index (χ4v) is 4.64. The molecule has 1 amide bonds. The van der Waals surface area contributed by atoms with Crippen molar-refractivity contribution in [2.45, 2.75) is 31.7 Å². The molecule has 11 heteroatoms. The van der Waals surface area contributed by atoms with Crippen molar-refractivity contribution < 1.29 is 22.7 Å². The quantitative estimate of drug-likeness (QED) is 0.241. The van der Waals surface area contributed by atoms with Crippen LogP contribution in [0.1, 0.15) is 34.6 Å². The van der Waals surface area contributed by atoms with Gasteiger partial charge in [-0.25, -0.2) is 4.68 Å². The summed E-state index contributed by atoms with van der Waals surface area (Å²) < 4.78 is 47.0. The van der Waals surface area contributed by atoms with Crippen molar-refractivity contribution in [1.82, 2.24) is 15.1 Å². The Kier molecular flexibility index (Phi) is 7.31. The summed E-state index contributed by atoms with van der Waals surface area (Å²) in [6, 6.07) is 17.9. The van der Waals surface area contributed by atoms with Gasteiger partial charge in [0.05, 0.1) is 26.3 Å². The van der Waals surface area contributed by atoms with Gasteiger partial charge >= 0.3 is 6.18 Å². The maximum Gasteiger partial charge on any atom is 0.435 e. The summed E-state index contributed by atoms with van der Waals surface area (Å²) in [4.78, 5) is 12.3. The lowest BCUT2D eigenvalue weighted by Crippen LogP contribution is -2.25. The molecule has 1 fully saturated rings. The van der Waals surface area contributed by atoms with Gasteiger partial charge in [0.2, 0.25) is 0 Å². The maximum atomic E-state index is 13.4. The molecule has 0 atom stereocenters. The van der Waals surface area contributed by atoms with E-state index in [0.717, 1.165) is 34.7 Å². The van der Waals surface area contributed by atoms with Crippen LogP contribution in [0.25, 0.3) is 16.8 Å². The number of alkyl halides is 3. The Balaban J connectivity index is 1.34. The van der Waals surface area contributed by atoms with Crippen LogP contribution in [0.4, 0.5) is 13.2 Å². The molecular weight excluding hydrogens is 562 g/mol. The average molecular weight is 581 g/mol. The van der Waals surface area contributed by atoms with Gasteiger partial charge in [0.15, 0.2) is 5.69 Å². The van der Waals surface area contributed by atoms with E-state index >= 15 is 0 Å². The summed E-state index contributed by atoms with van der Waals surface area (Å²) in [7, 11) is 0. The topological polar surface area (TPSA) is 56.1 Å². The summed E-state index contributed by atoms with van der Waals surface area (Å²) in [6.45, 7) is -0.222. The van der Waals surface area contributed by atoms with E-state index in [1.165, 1.54) is 12.1 Å². The van der Waals surface area contributed by atoms with E-state index in [1.807, 2.05) is 0 Å². The number of carbonyl (C=O) groups is 1. The molecule has 5 nitrogen and oxygen atoms in total. The van der Waals surface area contributed by atoms with Crippen molar-refractivity contribution in [2.24, 2.45) is 0 Å². The molecule has 0 spiro atoms. The maximum absolute atomic E-state index is 13.4. The molecule has 1 saturated carbocycles. The third-order valence-corrected chi connectivity index (χ3v) is 6.85. The van der Waals surface area contributed by atoms with Crippen LogP contribution in [0.5, 0.6) is 5.75 Å². The third-order valence-electron chi connectivity index (χ3n) is 5.92. The Hall–Kier alpha value is -3.20. The number of nitrogens with zero attached hydrogens (tertiary/aromatic N) is 2. The lowest BCUT2D eigenvalue weighted by molar-refractivity contribution is -0.141. The number of nitrogens with one attached hydrogen (secondary N) is 1. The molecule has 1 aromatic heterocycles. The number of para-hydroxylation sites is 1. The van der Waals surface area contributed by atoms with E-state index < -0.39 is 11.9 Å². The molecule has 0 bridgehead atoms. The normalized spacial score (nSPS) is 13.4. The minimum absolute atomic E-state index is 0.114. The van der Waals surface area contributed by atoms with Gasteiger partial charge in [-0.05, 0) is 66.4 Å². The molecule has 0 saturated heterocycles. The van der Waals surface area contributed by atoms with Crippen molar-refractivity contribution in [3.8, 4) is 22.6 Å². The molecule has 4 aromatic rings.